The average Bonchev–Trinajstić information content (AvgIpc) is 2.25. The first-order chi connectivity index (χ1) is 8.22. The van der Waals surface area contributed by atoms with Gasteiger partial charge in [-0.05, 0) is 33.6 Å². The van der Waals surface area contributed by atoms with Gasteiger partial charge in [0.1, 0.15) is 5.60 Å². The van der Waals surface area contributed by atoms with Crippen molar-refractivity contribution in [3.63, 3.8) is 0 Å². The van der Waals surface area contributed by atoms with Crippen LogP contribution >= 0.6 is 0 Å². The molecule has 1 aliphatic carbocycles. The predicted octanol–water partition coefficient (Wildman–Crippen LogP) is 2.35. The molecule has 0 radical (unpaired) electrons. The van der Waals surface area contributed by atoms with Crippen molar-refractivity contribution in [2.45, 2.75) is 58.1 Å². The van der Waals surface area contributed by atoms with Crippen molar-refractivity contribution in [3.05, 3.63) is 0 Å². The number of rotatable bonds is 2. The normalized spacial score (nSPS) is 24.4. The number of hydrogen-bond donors (Lipinski definition) is 2. The molecule has 3 N–H and O–H groups in total. The quantitative estimate of drug-likeness (QED) is 0.587. The van der Waals surface area contributed by atoms with Crippen molar-refractivity contribution in [1.29, 1.82) is 5.41 Å². The number of nitrogens with two attached hydrogens (primary N) is 1. The van der Waals surface area contributed by atoms with Gasteiger partial charge < -0.3 is 15.4 Å². The van der Waals surface area contributed by atoms with E-state index >= 15 is 0 Å². The average molecular weight is 255 g/mol. The maximum absolute atomic E-state index is 12.0. The van der Waals surface area contributed by atoms with Crippen molar-refractivity contribution in [2.75, 3.05) is 7.05 Å². The molecule has 0 bridgehead atoms. The zero-order chi connectivity index (χ0) is 13.9. The van der Waals surface area contributed by atoms with E-state index in [0.29, 0.717) is 0 Å². The van der Waals surface area contributed by atoms with Crippen molar-refractivity contribution < 1.29 is 9.53 Å². The maximum atomic E-state index is 12.0. The Morgan fingerprint density at radius 3 is 2.39 bits per heavy atom. The highest BCUT2D eigenvalue weighted by molar-refractivity contribution is 5.81. The number of carbonyl (C=O) groups excluding carboxylic acids is 1. The summed E-state index contributed by atoms with van der Waals surface area (Å²) in [6, 6.07) is -0.00824. The Balaban J connectivity index is 2.71. The van der Waals surface area contributed by atoms with E-state index < -0.39 is 5.60 Å². The first-order valence-corrected chi connectivity index (χ1v) is 6.52. The molecule has 0 aromatic rings. The third-order valence-electron chi connectivity index (χ3n) is 3.31. The van der Waals surface area contributed by atoms with Crippen molar-refractivity contribution >= 4 is 11.9 Å². The van der Waals surface area contributed by atoms with Crippen LogP contribution in [0.25, 0.3) is 0 Å². The van der Waals surface area contributed by atoms with Gasteiger partial charge >= 0.3 is 6.09 Å². The molecule has 2 atom stereocenters. The number of nitrogens with zero attached hydrogens (tertiary/aromatic N) is 1. The fourth-order valence-corrected chi connectivity index (χ4v) is 2.41. The second-order valence-electron chi connectivity index (χ2n) is 6.00. The highest BCUT2D eigenvalue weighted by Crippen LogP contribution is 2.28. The summed E-state index contributed by atoms with van der Waals surface area (Å²) >= 11 is 0. The Hall–Kier alpha value is -1.26. The van der Waals surface area contributed by atoms with Crippen LogP contribution in [0.2, 0.25) is 0 Å². The topological polar surface area (TPSA) is 79.4 Å². The van der Waals surface area contributed by atoms with E-state index in [4.69, 9.17) is 15.9 Å². The summed E-state index contributed by atoms with van der Waals surface area (Å²) in [4.78, 5) is 13.6. The summed E-state index contributed by atoms with van der Waals surface area (Å²) in [6.45, 7) is 5.55. The lowest BCUT2D eigenvalue weighted by atomic mass is 9.83. The summed E-state index contributed by atoms with van der Waals surface area (Å²) < 4.78 is 5.36. The highest BCUT2D eigenvalue weighted by atomic mass is 16.6. The summed E-state index contributed by atoms with van der Waals surface area (Å²) in [5.74, 6) is 0.145. The van der Waals surface area contributed by atoms with E-state index in [1.807, 2.05) is 20.8 Å². The smallest absolute Gasteiger partial charge is 0.410 e. The number of ether oxygens (including phenoxy) is 1. The summed E-state index contributed by atoms with van der Waals surface area (Å²) in [6.07, 6.45) is 3.58. The molecule has 2 unspecified atom stereocenters. The Morgan fingerprint density at radius 2 is 1.89 bits per heavy atom. The van der Waals surface area contributed by atoms with E-state index in [2.05, 4.69) is 0 Å². The third-order valence-corrected chi connectivity index (χ3v) is 3.31. The molecule has 104 valence electrons. The lowest BCUT2D eigenvalue weighted by Gasteiger charge is -2.37. The molecule has 1 amide bonds. The van der Waals surface area contributed by atoms with Crippen LogP contribution in [0.4, 0.5) is 4.79 Å². The molecule has 0 heterocycles. The van der Waals surface area contributed by atoms with Crippen molar-refractivity contribution in [3.8, 4) is 0 Å². The Labute approximate surface area is 109 Å². The first kappa shape index (κ1) is 14.8. The second kappa shape index (κ2) is 5.59. The molecule has 0 saturated heterocycles. The van der Waals surface area contributed by atoms with Gasteiger partial charge in [0, 0.05) is 19.0 Å². The number of carbonyl (C=O) groups is 1. The molecule has 1 fully saturated rings. The van der Waals surface area contributed by atoms with Gasteiger partial charge in [-0.3, -0.25) is 5.41 Å². The van der Waals surface area contributed by atoms with Gasteiger partial charge in [0.15, 0.2) is 0 Å². The second-order valence-corrected chi connectivity index (χ2v) is 6.00. The fourth-order valence-electron chi connectivity index (χ4n) is 2.41. The lowest BCUT2D eigenvalue weighted by molar-refractivity contribution is 0.0156. The fraction of sp³-hybridized carbons (Fsp3) is 0.846. The van der Waals surface area contributed by atoms with Gasteiger partial charge in [0.2, 0.25) is 0 Å². The minimum atomic E-state index is -0.494. The molecular weight excluding hydrogens is 230 g/mol. The number of amides is 1. The van der Waals surface area contributed by atoms with Crippen LogP contribution in [0, 0.1) is 11.3 Å². The van der Waals surface area contributed by atoms with Crippen LogP contribution in [0.1, 0.15) is 46.5 Å². The number of nitrogens with one attached hydrogen (secondary N) is 1. The molecule has 1 rings (SSSR count). The first-order valence-electron chi connectivity index (χ1n) is 6.52. The number of hydrogen-bond acceptors (Lipinski definition) is 3. The molecule has 0 aliphatic heterocycles. The highest BCUT2D eigenvalue weighted by Gasteiger charge is 2.34. The Kier molecular flexibility index (Phi) is 4.59. The molecule has 0 spiro atoms. The van der Waals surface area contributed by atoms with Crippen LogP contribution in [-0.4, -0.2) is 35.5 Å². The molecule has 1 saturated carbocycles. The van der Waals surface area contributed by atoms with Gasteiger partial charge in [-0.2, -0.15) is 0 Å². The van der Waals surface area contributed by atoms with Gasteiger partial charge in [-0.25, -0.2) is 4.79 Å². The molecule has 0 aromatic heterocycles. The van der Waals surface area contributed by atoms with E-state index in [-0.39, 0.29) is 23.9 Å². The van der Waals surface area contributed by atoms with Gasteiger partial charge in [-0.1, -0.05) is 12.8 Å². The van der Waals surface area contributed by atoms with Crippen LogP contribution in [0.5, 0.6) is 0 Å². The minimum Gasteiger partial charge on any atom is -0.444 e. The van der Waals surface area contributed by atoms with E-state index in [0.717, 1.165) is 25.7 Å². The van der Waals surface area contributed by atoms with E-state index in [9.17, 15) is 4.79 Å². The summed E-state index contributed by atoms with van der Waals surface area (Å²) in [7, 11) is 1.74. The van der Waals surface area contributed by atoms with Crippen molar-refractivity contribution in [1.82, 2.24) is 4.90 Å². The standard InChI is InChI=1S/C13H25N3O2/c1-13(2,3)18-12(17)16(4)10-8-6-5-7-9(10)11(14)15/h9-10H,5-8H2,1-4H3,(H3,14,15). The van der Waals surface area contributed by atoms with Crippen molar-refractivity contribution in [2.24, 2.45) is 11.7 Å². The zero-order valence-corrected chi connectivity index (χ0v) is 11.8. The van der Waals surface area contributed by atoms with E-state index in [1.54, 1.807) is 11.9 Å². The molecule has 5 nitrogen and oxygen atoms in total. The molecule has 18 heavy (non-hydrogen) atoms. The largest absolute Gasteiger partial charge is 0.444 e. The third kappa shape index (κ3) is 3.89. The van der Waals surface area contributed by atoms with Crippen LogP contribution in [-0.2, 0) is 4.74 Å². The van der Waals surface area contributed by atoms with Gasteiger partial charge in [-0.15, -0.1) is 0 Å². The predicted molar refractivity (Wildman–Crippen MR) is 71.7 cm³/mol. The molecule has 1 aliphatic rings. The monoisotopic (exact) mass is 255 g/mol. The Morgan fingerprint density at radius 1 is 1.33 bits per heavy atom. The van der Waals surface area contributed by atoms with Crippen LogP contribution in [0.15, 0.2) is 0 Å². The maximum Gasteiger partial charge on any atom is 0.410 e. The van der Waals surface area contributed by atoms with Crippen LogP contribution in [0.3, 0.4) is 0 Å². The molecule has 0 aromatic carbocycles. The molecule has 5 heteroatoms. The lowest BCUT2D eigenvalue weighted by Crippen LogP contribution is -2.49. The zero-order valence-electron chi connectivity index (χ0n) is 11.8. The van der Waals surface area contributed by atoms with E-state index in [1.165, 1.54) is 0 Å². The molecular formula is C13H25N3O2. The Bertz CT molecular complexity index is 323. The van der Waals surface area contributed by atoms with Gasteiger partial charge in [0.05, 0.1) is 5.84 Å². The minimum absolute atomic E-state index is 0.00824. The van der Waals surface area contributed by atoms with Crippen LogP contribution < -0.4 is 5.73 Å². The van der Waals surface area contributed by atoms with Gasteiger partial charge in [0.25, 0.3) is 0 Å². The summed E-state index contributed by atoms with van der Waals surface area (Å²) in [5.41, 5.74) is 5.13. The SMILES string of the molecule is CN(C(=O)OC(C)(C)C)C1CCCCC1C(=N)N. The summed E-state index contributed by atoms with van der Waals surface area (Å²) in [5, 5.41) is 7.63. The number of amidine groups is 1.